The minimum absolute atomic E-state index is 0.00162. The number of carbonyl (C=O) groups excluding carboxylic acids is 2. The molecular weight excluding hydrogens is 1030 g/mol. The molecule has 4 unspecified atom stereocenters. The van der Waals surface area contributed by atoms with E-state index in [1.165, 1.54) is 0 Å². The zero-order chi connectivity index (χ0) is 60.8. The molecule has 12 fully saturated rings. The smallest absolute Gasteiger partial charge is 0.311 e. The summed E-state index contributed by atoms with van der Waals surface area (Å²) in [6.45, 7) is 41.8. The molecular formula is C70H116O12. The third-order valence-corrected chi connectivity index (χ3v) is 29.2. The quantitative estimate of drug-likeness (QED) is 0.138. The number of fused-ring (bicyclic) bond motifs is 4. The highest BCUT2D eigenvalue weighted by atomic mass is 16.6. The van der Waals surface area contributed by atoms with Crippen molar-refractivity contribution in [2.75, 3.05) is 0 Å². The fourth-order valence-electron chi connectivity index (χ4n) is 25.1. The Labute approximate surface area is 494 Å². The largest absolute Gasteiger partial charge is 0.462 e. The summed E-state index contributed by atoms with van der Waals surface area (Å²) in [4.78, 5) is 26.4. The van der Waals surface area contributed by atoms with Gasteiger partial charge in [0.1, 0.15) is 12.2 Å². The zero-order valence-corrected chi connectivity index (χ0v) is 54.9. The third kappa shape index (κ3) is 8.18. The summed E-state index contributed by atoms with van der Waals surface area (Å²) >= 11 is 0. The number of hydrogen-bond donors (Lipinski definition) is 6. The van der Waals surface area contributed by atoms with Crippen LogP contribution in [0.3, 0.4) is 0 Å². The van der Waals surface area contributed by atoms with E-state index in [-0.39, 0.29) is 120 Å². The van der Waals surface area contributed by atoms with Gasteiger partial charge >= 0.3 is 11.9 Å². The van der Waals surface area contributed by atoms with Crippen molar-refractivity contribution in [3.05, 3.63) is 0 Å². The predicted molar refractivity (Wildman–Crippen MR) is 316 cm³/mol. The van der Waals surface area contributed by atoms with Gasteiger partial charge in [0.2, 0.25) is 0 Å². The molecule has 0 aromatic rings. The lowest BCUT2D eigenvalue weighted by atomic mass is 9.41. The first-order chi connectivity index (χ1) is 37.2. The van der Waals surface area contributed by atoms with E-state index in [1.54, 1.807) is 0 Å². The topological polar surface area (TPSA) is 192 Å². The van der Waals surface area contributed by atoms with Crippen molar-refractivity contribution in [2.45, 2.75) is 325 Å². The summed E-state index contributed by atoms with van der Waals surface area (Å²) in [6.07, 6.45) is 14.0. The van der Waals surface area contributed by atoms with Gasteiger partial charge in [-0.25, -0.2) is 0 Å². The molecule has 4 spiro atoms. The molecule has 12 rings (SSSR count). The van der Waals surface area contributed by atoms with Gasteiger partial charge in [0.15, 0.2) is 0 Å². The van der Waals surface area contributed by atoms with Crippen LogP contribution in [-0.4, -0.2) is 114 Å². The molecule has 0 aromatic carbocycles. The fourth-order valence-corrected chi connectivity index (χ4v) is 25.1. The van der Waals surface area contributed by atoms with Gasteiger partial charge < -0.3 is 49.6 Å². The molecule has 12 aliphatic rings. The first kappa shape index (κ1) is 62.2. The van der Waals surface area contributed by atoms with Crippen LogP contribution in [0.2, 0.25) is 0 Å². The van der Waals surface area contributed by atoms with Crippen LogP contribution in [0.25, 0.3) is 0 Å². The standard InChI is InChI=1S/2C35H58O6/c1-28(2,3)27(38)40-21-18-32(9)22-17-20(36)25-29(4,5)23(37)11-14-35(25)19-34(22,35)16-15-31(32,8)26(21)33(10)13-12-24(41-33)30(6,7)39;1-28(2,3)27(38)40-23-12-14-35-19-34(35)16-15-31(8)26(33(10)13-11-24(41-33)30(6,7)39)21(37)18-32(31,9)22(34)17-20(36)25(35)29(23,4)5/h2*20-26,36-37,39H,11-19H2,1-10H3/t2*20-,21-,22-,23?,24-,25-,26-,31+,32-,33+,34-,35?/m00/s1. The first-order valence-corrected chi connectivity index (χ1v) is 33.1. The maximum absolute atomic E-state index is 13.5. The Morgan fingerprint density at radius 3 is 1.30 bits per heavy atom. The summed E-state index contributed by atoms with van der Waals surface area (Å²) in [5.41, 5.74) is -4.53. The average molecular weight is 1150 g/mol. The Balaban J connectivity index is 0.000000172. The third-order valence-electron chi connectivity index (χ3n) is 29.2. The van der Waals surface area contributed by atoms with Crippen LogP contribution in [0.15, 0.2) is 0 Å². The van der Waals surface area contributed by atoms with Gasteiger partial charge in [0.25, 0.3) is 0 Å². The zero-order valence-electron chi connectivity index (χ0n) is 54.9. The monoisotopic (exact) mass is 1150 g/mol. The molecule has 2 heterocycles. The maximum Gasteiger partial charge on any atom is 0.311 e. The molecule has 0 aromatic heterocycles. The highest BCUT2D eigenvalue weighted by molar-refractivity contribution is 5.76. The van der Waals surface area contributed by atoms with Crippen LogP contribution in [0, 0.1) is 100 Å². The van der Waals surface area contributed by atoms with Gasteiger partial charge in [-0.2, -0.15) is 0 Å². The molecule has 2 aliphatic heterocycles. The molecule has 0 radical (unpaired) electrons. The normalized spacial score (nSPS) is 54.0. The lowest BCUT2D eigenvalue weighted by molar-refractivity contribution is -0.220. The molecule has 12 nitrogen and oxygen atoms in total. The Bertz CT molecular complexity index is 2550. The highest BCUT2D eigenvalue weighted by Crippen LogP contribution is 2.91. The first-order valence-electron chi connectivity index (χ1n) is 33.1. The molecule has 468 valence electrons. The van der Waals surface area contributed by atoms with E-state index in [1.807, 2.05) is 69.2 Å². The Morgan fingerprint density at radius 1 is 0.439 bits per heavy atom. The SMILES string of the molecule is CC(C)(C)C(=O)OC1CCC23C[C@]24CC[C@]2(C)[C@@H]([C@@]5(C)CC[C@@H](C(C)(C)O)O5)[C@@H](O)C[C@@]2(C)[C@@H]4C[C@H](O)[C@H]3C1(C)C.CC(C)(C)C(=O)O[C@H]1C[C@@]2(C)[C@@H]3C[C@H](O)[C@H]4C(C)(C)C(O)CCC45C[C@@]35CC[C@]2(C)[C@H]1[C@@]1(C)CC[C@@H](C(C)(C)O)O1. The second-order valence-corrected chi connectivity index (χ2v) is 37.0. The van der Waals surface area contributed by atoms with Crippen molar-refractivity contribution >= 4 is 11.9 Å². The van der Waals surface area contributed by atoms with E-state index in [0.29, 0.717) is 11.8 Å². The van der Waals surface area contributed by atoms with Crippen LogP contribution in [0.5, 0.6) is 0 Å². The Kier molecular flexibility index (Phi) is 13.8. The van der Waals surface area contributed by atoms with Crippen molar-refractivity contribution in [1.29, 1.82) is 0 Å². The van der Waals surface area contributed by atoms with E-state index in [9.17, 15) is 40.2 Å². The molecule has 6 N–H and O–H groups in total. The van der Waals surface area contributed by atoms with Crippen molar-refractivity contribution < 1.29 is 59.2 Å². The second kappa shape index (κ2) is 18.2. The Hall–Kier alpha value is -1.38. The van der Waals surface area contributed by atoms with Crippen molar-refractivity contribution in [3.8, 4) is 0 Å². The Morgan fingerprint density at radius 2 is 0.854 bits per heavy atom. The van der Waals surface area contributed by atoms with Crippen molar-refractivity contribution in [2.24, 2.45) is 100 Å². The van der Waals surface area contributed by atoms with E-state index in [4.69, 9.17) is 18.9 Å². The lowest BCUT2D eigenvalue weighted by Gasteiger charge is -2.64. The van der Waals surface area contributed by atoms with E-state index < -0.39 is 51.5 Å². The number of rotatable bonds is 6. The molecule has 10 aliphatic carbocycles. The van der Waals surface area contributed by atoms with Gasteiger partial charge in [0, 0.05) is 17.3 Å². The van der Waals surface area contributed by atoms with Gasteiger partial charge in [0.05, 0.1) is 69.9 Å². The second-order valence-electron chi connectivity index (χ2n) is 37.0. The van der Waals surface area contributed by atoms with E-state index >= 15 is 0 Å². The van der Waals surface area contributed by atoms with Crippen molar-refractivity contribution in [1.82, 2.24) is 0 Å². The molecule has 24 atom stereocenters. The lowest BCUT2D eigenvalue weighted by Crippen LogP contribution is -2.62. The number of ether oxygens (including phenoxy) is 4. The number of aliphatic hydroxyl groups is 6. The molecule has 12 heteroatoms. The summed E-state index contributed by atoms with van der Waals surface area (Å²) in [5.74, 6) is 0.600. The molecule has 82 heavy (non-hydrogen) atoms. The molecule has 2 saturated heterocycles. The van der Waals surface area contributed by atoms with E-state index in [2.05, 4.69) is 69.2 Å². The molecule has 10 saturated carbocycles. The highest BCUT2D eigenvalue weighted by Gasteiger charge is 2.87. The van der Waals surface area contributed by atoms with Gasteiger partial charge in [-0.3, -0.25) is 9.59 Å². The number of esters is 2. The maximum atomic E-state index is 13.5. The van der Waals surface area contributed by atoms with Crippen LogP contribution in [-0.2, 0) is 28.5 Å². The number of hydrogen-bond acceptors (Lipinski definition) is 12. The summed E-state index contributed by atoms with van der Waals surface area (Å²) in [5, 5.41) is 68.5. The minimum Gasteiger partial charge on any atom is -0.462 e. The van der Waals surface area contributed by atoms with Crippen LogP contribution in [0.1, 0.15) is 254 Å². The van der Waals surface area contributed by atoms with Gasteiger partial charge in [-0.05, 0) is 271 Å². The molecule has 0 amide bonds. The predicted octanol–water partition coefficient (Wildman–Crippen LogP) is 12.1. The van der Waals surface area contributed by atoms with Gasteiger partial charge in [-0.1, -0.05) is 55.4 Å². The summed E-state index contributed by atoms with van der Waals surface area (Å²) in [6, 6.07) is 0. The summed E-state index contributed by atoms with van der Waals surface area (Å²) in [7, 11) is 0. The van der Waals surface area contributed by atoms with E-state index in [0.717, 1.165) is 116 Å². The van der Waals surface area contributed by atoms with Gasteiger partial charge in [-0.15, -0.1) is 0 Å². The average Bonchev–Trinajstić information content (AvgIpc) is 1.47. The van der Waals surface area contributed by atoms with Crippen LogP contribution >= 0.6 is 0 Å². The molecule has 0 bridgehead atoms. The van der Waals surface area contributed by atoms with Crippen molar-refractivity contribution in [3.63, 3.8) is 0 Å². The number of carbonyl (C=O) groups is 2. The summed E-state index contributed by atoms with van der Waals surface area (Å²) < 4.78 is 26.3. The van der Waals surface area contributed by atoms with Crippen LogP contribution < -0.4 is 0 Å². The van der Waals surface area contributed by atoms with Crippen LogP contribution in [0.4, 0.5) is 0 Å². The number of aliphatic hydroxyl groups excluding tert-OH is 4. The fraction of sp³-hybridized carbons (Fsp3) is 0.971. The minimum atomic E-state index is -0.935.